The topological polar surface area (TPSA) is 45.0 Å². The van der Waals surface area contributed by atoms with Gasteiger partial charge in [0.2, 0.25) is 0 Å². The van der Waals surface area contributed by atoms with Gasteiger partial charge in [-0.15, -0.1) is 11.3 Å². The van der Waals surface area contributed by atoms with E-state index >= 15 is 0 Å². The van der Waals surface area contributed by atoms with Gasteiger partial charge in [0.05, 0.1) is 0 Å². The monoisotopic (exact) mass is 258 g/mol. The van der Waals surface area contributed by atoms with Gasteiger partial charge >= 0.3 is 0 Å². The fraction of sp³-hybridized carbons (Fsp3) is 0.214. The average Bonchev–Trinajstić information content (AvgIpc) is 2.80. The quantitative estimate of drug-likeness (QED) is 0.891. The maximum atomic E-state index is 8.46. The average molecular weight is 258 g/mol. The first-order valence-corrected chi connectivity index (χ1v) is 6.48. The van der Waals surface area contributed by atoms with E-state index in [9.17, 15) is 0 Å². The van der Waals surface area contributed by atoms with Crippen LogP contribution in [0.25, 0.3) is 0 Å². The minimum Gasteiger partial charge on any atom is -0.479 e. The maximum Gasteiger partial charge on any atom is 0.174 e. The molecule has 0 fully saturated rings. The van der Waals surface area contributed by atoms with Crippen LogP contribution in [0, 0.1) is 18.3 Å². The second-order valence-electron chi connectivity index (χ2n) is 3.84. The molecule has 1 N–H and O–H groups in total. The number of nitrogens with zero attached hydrogens (tertiary/aromatic N) is 1. The van der Waals surface area contributed by atoms with Crippen LogP contribution in [0.4, 0.5) is 5.69 Å². The molecule has 0 unspecified atom stereocenters. The lowest BCUT2D eigenvalue weighted by atomic mass is 10.3. The molecule has 1 aromatic carbocycles. The SMILES string of the molecule is Cc1ccc(CNc2cccc(OCC#N)c2)s1. The fourth-order valence-corrected chi connectivity index (χ4v) is 2.41. The maximum absolute atomic E-state index is 8.46. The largest absolute Gasteiger partial charge is 0.479 e. The molecule has 0 atom stereocenters. The lowest BCUT2D eigenvalue weighted by Crippen LogP contribution is -1.98. The van der Waals surface area contributed by atoms with E-state index < -0.39 is 0 Å². The molecular weight excluding hydrogens is 244 g/mol. The third-order valence-electron chi connectivity index (χ3n) is 2.40. The summed E-state index contributed by atoms with van der Waals surface area (Å²) in [7, 11) is 0. The van der Waals surface area contributed by atoms with Crippen molar-refractivity contribution in [1.29, 1.82) is 5.26 Å². The first-order valence-electron chi connectivity index (χ1n) is 5.67. The van der Waals surface area contributed by atoms with Gasteiger partial charge in [-0.05, 0) is 31.2 Å². The van der Waals surface area contributed by atoms with Crippen LogP contribution in [-0.4, -0.2) is 6.61 Å². The highest BCUT2D eigenvalue weighted by Gasteiger charge is 1.99. The summed E-state index contributed by atoms with van der Waals surface area (Å²) in [6.45, 7) is 2.98. The summed E-state index contributed by atoms with van der Waals surface area (Å²) >= 11 is 1.79. The summed E-state index contributed by atoms with van der Waals surface area (Å²) in [6.07, 6.45) is 0. The van der Waals surface area contributed by atoms with Crippen molar-refractivity contribution in [2.45, 2.75) is 13.5 Å². The first-order chi connectivity index (χ1) is 8.78. The molecule has 3 nitrogen and oxygen atoms in total. The van der Waals surface area contributed by atoms with E-state index in [1.165, 1.54) is 9.75 Å². The van der Waals surface area contributed by atoms with Crippen LogP contribution < -0.4 is 10.1 Å². The lowest BCUT2D eigenvalue weighted by molar-refractivity contribution is 0.368. The van der Waals surface area contributed by atoms with E-state index in [1.54, 1.807) is 11.3 Å². The second kappa shape index (κ2) is 6.08. The van der Waals surface area contributed by atoms with Gasteiger partial charge in [0.1, 0.15) is 11.8 Å². The predicted octanol–water partition coefficient (Wildman–Crippen LogP) is 3.57. The number of anilines is 1. The number of nitriles is 1. The Balaban J connectivity index is 1.95. The molecule has 0 amide bonds. The number of rotatable bonds is 5. The van der Waals surface area contributed by atoms with Crippen LogP contribution >= 0.6 is 11.3 Å². The van der Waals surface area contributed by atoms with Crippen molar-refractivity contribution in [1.82, 2.24) is 0 Å². The van der Waals surface area contributed by atoms with Crippen LogP contribution in [0.2, 0.25) is 0 Å². The van der Waals surface area contributed by atoms with Gasteiger partial charge in [-0.2, -0.15) is 5.26 Å². The van der Waals surface area contributed by atoms with Crippen molar-refractivity contribution >= 4 is 17.0 Å². The number of aryl methyl sites for hydroxylation is 1. The molecule has 4 heteroatoms. The zero-order chi connectivity index (χ0) is 12.8. The number of hydrogen-bond donors (Lipinski definition) is 1. The molecular formula is C14H14N2OS. The van der Waals surface area contributed by atoms with Crippen molar-refractivity contribution in [3.8, 4) is 11.8 Å². The van der Waals surface area contributed by atoms with Gasteiger partial charge in [-0.1, -0.05) is 6.07 Å². The highest BCUT2D eigenvalue weighted by Crippen LogP contribution is 2.20. The molecule has 0 spiro atoms. The number of nitrogens with one attached hydrogen (secondary N) is 1. The van der Waals surface area contributed by atoms with Crippen LogP contribution in [-0.2, 0) is 6.54 Å². The number of ether oxygens (including phenoxy) is 1. The molecule has 2 rings (SSSR count). The summed E-state index contributed by atoms with van der Waals surface area (Å²) in [5.41, 5.74) is 0.997. The van der Waals surface area contributed by atoms with Crippen molar-refractivity contribution in [3.05, 3.63) is 46.2 Å². The predicted molar refractivity (Wildman–Crippen MR) is 73.9 cm³/mol. The van der Waals surface area contributed by atoms with Gasteiger partial charge in [0.25, 0.3) is 0 Å². The van der Waals surface area contributed by atoms with E-state index in [0.717, 1.165) is 12.2 Å². The van der Waals surface area contributed by atoms with E-state index in [2.05, 4.69) is 24.4 Å². The molecule has 92 valence electrons. The molecule has 0 saturated carbocycles. The molecule has 2 aromatic rings. The normalized spacial score (nSPS) is 9.78. The molecule has 0 bridgehead atoms. The number of benzene rings is 1. The Morgan fingerprint density at radius 1 is 1.33 bits per heavy atom. The van der Waals surface area contributed by atoms with Gasteiger partial charge < -0.3 is 10.1 Å². The minimum atomic E-state index is 0.0770. The standard InChI is InChI=1S/C14H14N2OS/c1-11-5-6-14(18-11)10-16-12-3-2-4-13(9-12)17-8-7-15/h2-6,9,16H,8,10H2,1H3. The zero-order valence-corrected chi connectivity index (χ0v) is 11.0. The first kappa shape index (κ1) is 12.5. The summed E-state index contributed by atoms with van der Waals surface area (Å²) in [4.78, 5) is 2.62. The van der Waals surface area contributed by atoms with Gasteiger partial charge in [-0.3, -0.25) is 0 Å². The molecule has 18 heavy (non-hydrogen) atoms. The van der Waals surface area contributed by atoms with Crippen molar-refractivity contribution < 1.29 is 4.74 Å². The van der Waals surface area contributed by atoms with E-state index in [-0.39, 0.29) is 6.61 Å². The number of thiophene rings is 1. The molecule has 0 aliphatic heterocycles. The minimum absolute atomic E-state index is 0.0770. The van der Waals surface area contributed by atoms with Crippen LogP contribution in [0.15, 0.2) is 36.4 Å². The van der Waals surface area contributed by atoms with Crippen LogP contribution in [0.5, 0.6) is 5.75 Å². The highest BCUT2D eigenvalue weighted by atomic mass is 32.1. The third-order valence-corrected chi connectivity index (χ3v) is 3.40. The molecule has 0 aliphatic carbocycles. The smallest absolute Gasteiger partial charge is 0.174 e. The fourth-order valence-electron chi connectivity index (χ4n) is 1.58. The second-order valence-corrected chi connectivity index (χ2v) is 5.21. The Morgan fingerprint density at radius 2 is 2.22 bits per heavy atom. The number of hydrogen-bond acceptors (Lipinski definition) is 4. The molecule has 0 radical (unpaired) electrons. The summed E-state index contributed by atoms with van der Waals surface area (Å²) < 4.78 is 5.25. The van der Waals surface area contributed by atoms with Crippen LogP contribution in [0.3, 0.4) is 0 Å². The van der Waals surface area contributed by atoms with E-state index in [0.29, 0.717) is 5.75 Å². The summed E-state index contributed by atoms with van der Waals surface area (Å²) in [5, 5.41) is 11.8. The van der Waals surface area contributed by atoms with Gasteiger partial charge in [0, 0.05) is 28.1 Å². The van der Waals surface area contributed by atoms with E-state index in [4.69, 9.17) is 10.00 Å². The van der Waals surface area contributed by atoms with Crippen molar-refractivity contribution in [3.63, 3.8) is 0 Å². The van der Waals surface area contributed by atoms with Crippen LogP contribution in [0.1, 0.15) is 9.75 Å². The Hall–Kier alpha value is -1.99. The van der Waals surface area contributed by atoms with Gasteiger partial charge in [0.15, 0.2) is 6.61 Å². The summed E-state index contributed by atoms with van der Waals surface area (Å²) in [5.74, 6) is 0.712. The Morgan fingerprint density at radius 3 is 2.94 bits per heavy atom. The Labute approximate surface area is 111 Å². The molecule has 1 heterocycles. The Bertz CT molecular complexity index is 557. The van der Waals surface area contributed by atoms with E-state index in [1.807, 2.05) is 30.3 Å². The third kappa shape index (κ3) is 3.51. The molecule has 0 saturated heterocycles. The molecule has 1 aromatic heterocycles. The van der Waals surface area contributed by atoms with Crippen molar-refractivity contribution in [2.75, 3.05) is 11.9 Å². The molecule has 0 aliphatic rings. The lowest BCUT2D eigenvalue weighted by Gasteiger charge is -2.07. The summed E-state index contributed by atoms with van der Waals surface area (Å²) in [6, 6.07) is 13.8. The zero-order valence-electron chi connectivity index (χ0n) is 10.1. The van der Waals surface area contributed by atoms with Crippen molar-refractivity contribution in [2.24, 2.45) is 0 Å². The Kier molecular flexibility index (Phi) is 4.21. The highest BCUT2D eigenvalue weighted by molar-refractivity contribution is 7.11. The van der Waals surface area contributed by atoms with Gasteiger partial charge in [-0.25, -0.2) is 0 Å².